The van der Waals surface area contributed by atoms with E-state index in [1.165, 1.54) is 11.8 Å². The summed E-state index contributed by atoms with van der Waals surface area (Å²) in [5.41, 5.74) is 2.06. The van der Waals surface area contributed by atoms with Gasteiger partial charge < -0.3 is 4.90 Å². The van der Waals surface area contributed by atoms with E-state index in [9.17, 15) is 4.79 Å². The van der Waals surface area contributed by atoms with Crippen LogP contribution in [-0.4, -0.2) is 27.9 Å². The van der Waals surface area contributed by atoms with Gasteiger partial charge in [-0.25, -0.2) is 4.98 Å². The monoisotopic (exact) mass is 300 g/mol. The molecule has 0 aliphatic rings. The maximum absolute atomic E-state index is 11.0. The third-order valence-electron chi connectivity index (χ3n) is 3.23. The van der Waals surface area contributed by atoms with Crippen LogP contribution in [0.3, 0.4) is 0 Å². The number of hydrogen-bond acceptors (Lipinski definition) is 4. The Labute approximate surface area is 126 Å². The van der Waals surface area contributed by atoms with Gasteiger partial charge in [0, 0.05) is 19.7 Å². The van der Waals surface area contributed by atoms with Crippen molar-refractivity contribution in [1.82, 2.24) is 14.6 Å². The first-order valence-electron chi connectivity index (χ1n) is 6.43. The standard InChI is InChI=1S/C15H13ClN4O/c1-19(9-11-5-3-2-4-6-11)14-7-13(16)18-15-12(10-21)8-17-20(14)15/h2-8,10H,9H2,1H3. The van der Waals surface area contributed by atoms with Gasteiger partial charge in [-0.05, 0) is 5.56 Å². The van der Waals surface area contributed by atoms with Crippen molar-refractivity contribution in [1.29, 1.82) is 0 Å². The van der Waals surface area contributed by atoms with Crippen LogP contribution < -0.4 is 4.90 Å². The third-order valence-corrected chi connectivity index (χ3v) is 3.42. The number of rotatable bonds is 4. The molecule has 6 heteroatoms. The number of benzene rings is 1. The highest BCUT2D eigenvalue weighted by Crippen LogP contribution is 2.22. The largest absolute Gasteiger partial charge is 0.355 e. The molecule has 0 atom stereocenters. The van der Waals surface area contributed by atoms with Crippen molar-refractivity contribution in [3.05, 3.63) is 58.9 Å². The molecule has 0 saturated carbocycles. The predicted molar refractivity (Wildman–Crippen MR) is 81.9 cm³/mol. The second kappa shape index (κ2) is 5.54. The molecule has 0 radical (unpaired) electrons. The third kappa shape index (κ3) is 2.60. The number of fused-ring (bicyclic) bond motifs is 1. The number of halogens is 1. The summed E-state index contributed by atoms with van der Waals surface area (Å²) in [6, 6.07) is 11.8. The molecular formula is C15H13ClN4O. The molecule has 21 heavy (non-hydrogen) atoms. The zero-order valence-electron chi connectivity index (χ0n) is 11.4. The van der Waals surface area contributed by atoms with E-state index < -0.39 is 0 Å². The van der Waals surface area contributed by atoms with E-state index >= 15 is 0 Å². The van der Waals surface area contributed by atoms with Gasteiger partial charge in [-0.3, -0.25) is 4.79 Å². The van der Waals surface area contributed by atoms with Crippen LogP contribution >= 0.6 is 11.6 Å². The summed E-state index contributed by atoms with van der Waals surface area (Å²) >= 11 is 6.06. The van der Waals surface area contributed by atoms with Gasteiger partial charge in [-0.2, -0.15) is 9.61 Å². The van der Waals surface area contributed by atoms with E-state index in [2.05, 4.69) is 22.2 Å². The summed E-state index contributed by atoms with van der Waals surface area (Å²) in [5.74, 6) is 0.780. The molecule has 0 spiro atoms. The van der Waals surface area contributed by atoms with Gasteiger partial charge in [0.2, 0.25) is 0 Å². The zero-order valence-corrected chi connectivity index (χ0v) is 12.2. The van der Waals surface area contributed by atoms with Crippen molar-refractivity contribution < 1.29 is 4.79 Å². The number of aldehydes is 1. The SMILES string of the molecule is CN(Cc1ccccc1)c1cc(Cl)nc2c(C=O)cnn12. The van der Waals surface area contributed by atoms with Crippen LogP contribution in [-0.2, 0) is 6.54 Å². The fraction of sp³-hybridized carbons (Fsp3) is 0.133. The van der Waals surface area contributed by atoms with Gasteiger partial charge in [-0.1, -0.05) is 41.9 Å². The molecule has 3 rings (SSSR count). The van der Waals surface area contributed by atoms with E-state index in [-0.39, 0.29) is 0 Å². The van der Waals surface area contributed by atoms with Crippen LogP contribution in [0.4, 0.5) is 5.82 Å². The molecule has 0 saturated heterocycles. The molecule has 106 valence electrons. The van der Waals surface area contributed by atoms with E-state index in [4.69, 9.17) is 11.6 Å². The van der Waals surface area contributed by atoms with Crippen LogP contribution in [0, 0.1) is 0 Å². The van der Waals surface area contributed by atoms with Crippen molar-refractivity contribution in [2.45, 2.75) is 6.54 Å². The Hall–Kier alpha value is -2.40. The number of hydrogen-bond donors (Lipinski definition) is 0. The molecule has 2 heterocycles. The van der Waals surface area contributed by atoms with Crippen LogP contribution in [0.2, 0.25) is 5.15 Å². The van der Waals surface area contributed by atoms with Crippen LogP contribution in [0.5, 0.6) is 0 Å². The molecule has 0 fully saturated rings. The number of anilines is 1. The highest BCUT2D eigenvalue weighted by molar-refractivity contribution is 6.29. The van der Waals surface area contributed by atoms with Gasteiger partial charge in [-0.15, -0.1) is 0 Å². The maximum Gasteiger partial charge on any atom is 0.169 e. The normalized spacial score (nSPS) is 10.8. The van der Waals surface area contributed by atoms with Gasteiger partial charge >= 0.3 is 0 Å². The predicted octanol–water partition coefficient (Wildman–Crippen LogP) is 2.83. The Morgan fingerprint density at radius 1 is 1.33 bits per heavy atom. The molecule has 0 bridgehead atoms. The number of carbonyl (C=O) groups excluding carboxylic acids is 1. The Morgan fingerprint density at radius 3 is 2.81 bits per heavy atom. The minimum atomic E-state index is 0.334. The summed E-state index contributed by atoms with van der Waals surface area (Å²) in [7, 11) is 1.94. The summed E-state index contributed by atoms with van der Waals surface area (Å²) in [5, 5.41) is 4.55. The first-order chi connectivity index (χ1) is 10.2. The Kier molecular flexibility index (Phi) is 3.58. The lowest BCUT2D eigenvalue weighted by Crippen LogP contribution is -2.20. The average Bonchev–Trinajstić information content (AvgIpc) is 2.90. The molecule has 3 aromatic rings. The molecule has 2 aromatic heterocycles. The molecule has 0 aliphatic carbocycles. The number of aromatic nitrogens is 3. The first-order valence-corrected chi connectivity index (χ1v) is 6.81. The highest BCUT2D eigenvalue weighted by atomic mass is 35.5. The molecule has 0 N–H and O–H groups in total. The molecular weight excluding hydrogens is 288 g/mol. The molecule has 1 aromatic carbocycles. The zero-order chi connectivity index (χ0) is 14.8. The number of nitrogens with zero attached hydrogens (tertiary/aromatic N) is 4. The quantitative estimate of drug-likeness (QED) is 0.549. The lowest BCUT2D eigenvalue weighted by molar-refractivity contribution is 0.112. The second-order valence-electron chi connectivity index (χ2n) is 4.73. The van der Waals surface area contributed by atoms with Crippen LogP contribution in [0.25, 0.3) is 5.65 Å². The minimum absolute atomic E-state index is 0.334. The Balaban J connectivity index is 2.03. The molecule has 5 nitrogen and oxygen atoms in total. The lowest BCUT2D eigenvalue weighted by atomic mass is 10.2. The number of carbonyl (C=O) groups is 1. The minimum Gasteiger partial charge on any atom is -0.355 e. The lowest BCUT2D eigenvalue weighted by Gasteiger charge is -2.20. The molecule has 0 unspecified atom stereocenters. The van der Waals surface area contributed by atoms with E-state index in [0.29, 0.717) is 22.9 Å². The highest BCUT2D eigenvalue weighted by Gasteiger charge is 2.13. The molecule has 0 amide bonds. The topological polar surface area (TPSA) is 50.5 Å². The van der Waals surface area contributed by atoms with Crippen molar-refractivity contribution in [2.75, 3.05) is 11.9 Å². The van der Waals surface area contributed by atoms with Crippen molar-refractivity contribution in [3.63, 3.8) is 0 Å². The fourth-order valence-electron chi connectivity index (χ4n) is 2.23. The van der Waals surface area contributed by atoms with Crippen LogP contribution in [0.1, 0.15) is 15.9 Å². The van der Waals surface area contributed by atoms with Gasteiger partial charge in [0.25, 0.3) is 0 Å². The van der Waals surface area contributed by atoms with Crippen LogP contribution in [0.15, 0.2) is 42.6 Å². The second-order valence-corrected chi connectivity index (χ2v) is 5.12. The average molecular weight is 301 g/mol. The van der Waals surface area contributed by atoms with E-state index in [0.717, 1.165) is 12.1 Å². The van der Waals surface area contributed by atoms with Crippen molar-refractivity contribution >= 4 is 29.4 Å². The molecule has 0 aliphatic heterocycles. The van der Waals surface area contributed by atoms with E-state index in [1.54, 1.807) is 10.6 Å². The first kappa shape index (κ1) is 13.6. The summed E-state index contributed by atoms with van der Waals surface area (Å²) in [6.07, 6.45) is 2.22. The summed E-state index contributed by atoms with van der Waals surface area (Å²) in [6.45, 7) is 0.701. The van der Waals surface area contributed by atoms with Gasteiger partial charge in [0.15, 0.2) is 11.9 Å². The Bertz CT molecular complexity index is 785. The Morgan fingerprint density at radius 2 is 2.10 bits per heavy atom. The van der Waals surface area contributed by atoms with E-state index in [1.807, 2.05) is 30.1 Å². The maximum atomic E-state index is 11.0. The summed E-state index contributed by atoms with van der Waals surface area (Å²) in [4.78, 5) is 17.2. The van der Waals surface area contributed by atoms with Crippen molar-refractivity contribution in [3.8, 4) is 0 Å². The van der Waals surface area contributed by atoms with Gasteiger partial charge in [0.1, 0.15) is 11.0 Å². The smallest absolute Gasteiger partial charge is 0.169 e. The van der Waals surface area contributed by atoms with Gasteiger partial charge in [0.05, 0.1) is 11.8 Å². The summed E-state index contributed by atoms with van der Waals surface area (Å²) < 4.78 is 1.62. The fourth-order valence-corrected chi connectivity index (χ4v) is 2.41. The van der Waals surface area contributed by atoms with Crippen molar-refractivity contribution in [2.24, 2.45) is 0 Å².